The Bertz CT molecular complexity index is 555. The predicted molar refractivity (Wildman–Crippen MR) is 76.5 cm³/mol. The zero-order chi connectivity index (χ0) is 13.7. The van der Waals surface area contributed by atoms with Crippen LogP contribution in [-0.2, 0) is 11.2 Å². The largest absolute Gasteiger partial charge is 0.465 e. The first-order chi connectivity index (χ1) is 9.20. The van der Waals surface area contributed by atoms with Gasteiger partial charge in [-0.2, -0.15) is 0 Å². The average molecular weight is 277 g/mol. The van der Waals surface area contributed by atoms with E-state index in [0.29, 0.717) is 11.3 Å². The number of rotatable bonds is 5. The maximum atomic E-state index is 11.5. The van der Waals surface area contributed by atoms with Gasteiger partial charge in [-0.1, -0.05) is 0 Å². The molecule has 2 rings (SSSR count). The molecular weight excluding hydrogens is 262 g/mol. The van der Waals surface area contributed by atoms with Gasteiger partial charge in [-0.15, -0.1) is 11.3 Å². The number of methoxy groups -OCH3 is 1. The van der Waals surface area contributed by atoms with Crippen molar-refractivity contribution in [2.75, 3.05) is 24.7 Å². The molecule has 0 unspecified atom stereocenters. The molecule has 0 amide bonds. The highest BCUT2D eigenvalue weighted by atomic mass is 32.1. The Morgan fingerprint density at radius 1 is 1.53 bits per heavy atom. The van der Waals surface area contributed by atoms with Gasteiger partial charge < -0.3 is 15.8 Å². The number of thiazole rings is 1. The van der Waals surface area contributed by atoms with E-state index in [4.69, 9.17) is 5.73 Å². The van der Waals surface area contributed by atoms with Gasteiger partial charge in [0.05, 0.1) is 23.9 Å². The lowest BCUT2D eigenvalue weighted by molar-refractivity contribution is 0.0602. The van der Waals surface area contributed by atoms with Crippen molar-refractivity contribution in [1.29, 1.82) is 0 Å². The molecule has 0 aliphatic carbocycles. The third-order valence-corrected chi connectivity index (χ3v) is 3.29. The van der Waals surface area contributed by atoms with Crippen LogP contribution in [-0.4, -0.2) is 24.6 Å². The first-order valence-corrected chi connectivity index (χ1v) is 6.74. The highest BCUT2D eigenvalue weighted by molar-refractivity contribution is 7.07. The number of esters is 1. The Hall–Kier alpha value is -2.08. The van der Waals surface area contributed by atoms with Crippen LogP contribution in [0.5, 0.6) is 0 Å². The maximum absolute atomic E-state index is 11.5. The van der Waals surface area contributed by atoms with Gasteiger partial charge in [-0.05, 0) is 18.2 Å². The van der Waals surface area contributed by atoms with E-state index in [1.807, 2.05) is 17.0 Å². The van der Waals surface area contributed by atoms with Crippen molar-refractivity contribution in [1.82, 2.24) is 4.98 Å². The van der Waals surface area contributed by atoms with Crippen LogP contribution in [0.15, 0.2) is 29.1 Å². The zero-order valence-electron chi connectivity index (χ0n) is 10.6. The van der Waals surface area contributed by atoms with Crippen LogP contribution in [0.4, 0.5) is 11.4 Å². The molecular formula is C13H15N3O2S. The fourth-order valence-corrected chi connectivity index (χ4v) is 2.24. The van der Waals surface area contributed by atoms with E-state index in [2.05, 4.69) is 15.0 Å². The first-order valence-electron chi connectivity index (χ1n) is 5.79. The summed E-state index contributed by atoms with van der Waals surface area (Å²) in [6, 6.07) is 5.22. The summed E-state index contributed by atoms with van der Waals surface area (Å²) in [6.45, 7) is 0.744. The molecule has 0 atom stereocenters. The van der Waals surface area contributed by atoms with Crippen LogP contribution in [0.25, 0.3) is 0 Å². The number of hydrogen-bond donors (Lipinski definition) is 2. The lowest BCUT2D eigenvalue weighted by atomic mass is 10.1. The minimum absolute atomic E-state index is 0.376. The highest BCUT2D eigenvalue weighted by Gasteiger charge is 2.10. The molecule has 0 bridgehead atoms. The van der Waals surface area contributed by atoms with Crippen molar-refractivity contribution in [3.05, 3.63) is 40.3 Å². The summed E-state index contributed by atoms with van der Waals surface area (Å²) in [5.74, 6) is -0.430. The van der Waals surface area contributed by atoms with Crippen molar-refractivity contribution >= 4 is 28.7 Å². The summed E-state index contributed by atoms with van der Waals surface area (Å²) in [6.07, 6.45) is 0.835. The molecule has 1 aromatic heterocycles. The molecule has 0 spiro atoms. The van der Waals surface area contributed by atoms with Gasteiger partial charge in [0.1, 0.15) is 0 Å². The summed E-state index contributed by atoms with van der Waals surface area (Å²) in [5, 5.41) is 5.25. The SMILES string of the molecule is COC(=O)c1cc(NCCc2cscn2)ccc1N. The Kier molecular flexibility index (Phi) is 4.35. The van der Waals surface area contributed by atoms with Crippen molar-refractivity contribution < 1.29 is 9.53 Å². The number of ether oxygens (including phenoxy) is 1. The first kappa shape index (κ1) is 13.4. The van der Waals surface area contributed by atoms with Crippen molar-refractivity contribution in [2.45, 2.75) is 6.42 Å². The van der Waals surface area contributed by atoms with Gasteiger partial charge in [-0.3, -0.25) is 0 Å². The number of nitrogens with two attached hydrogens (primary N) is 1. The molecule has 0 aliphatic rings. The molecule has 0 fully saturated rings. The molecule has 2 aromatic rings. The fraction of sp³-hybridized carbons (Fsp3) is 0.231. The third-order valence-electron chi connectivity index (χ3n) is 2.65. The molecule has 5 nitrogen and oxygen atoms in total. The van der Waals surface area contributed by atoms with Gasteiger partial charge in [0.2, 0.25) is 0 Å². The summed E-state index contributed by atoms with van der Waals surface area (Å²) in [4.78, 5) is 15.7. The number of carbonyl (C=O) groups is 1. The number of nitrogens with zero attached hydrogens (tertiary/aromatic N) is 1. The summed E-state index contributed by atoms with van der Waals surface area (Å²) in [5.41, 5.74) is 10.2. The highest BCUT2D eigenvalue weighted by Crippen LogP contribution is 2.18. The average Bonchev–Trinajstić information content (AvgIpc) is 2.93. The lowest BCUT2D eigenvalue weighted by Crippen LogP contribution is -2.09. The normalized spacial score (nSPS) is 10.2. The summed E-state index contributed by atoms with van der Waals surface area (Å²) in [7, 11) is 1.34. The van der Waals surface area contributed by atoms with E-state index in [0.717, 1.165) is 24.3 Å². The van der Waals surface area contributed by atoms with Gasteiger partial charge in [0, 0.05) is 29.7 Å². The third kappa shape index (κ3) is 3.45. The minimum atomic E-state index is -0.430. The van der Waals surface area contributed by atoms with Crippen LogP contribution in [0.3, 0.4) is 0 Å². The molecule has 1 aromatic carbocycles. The summed E-state index contributed by atoms with van der Waals surface area (Å²) >= 11 is 1.58. The maximum Gasteiger partial charge on any atom is 0.340 e. The van der Waals surface area contributed by atoms with Crippen LogP contribution >= 0.6 is 11.3 Å². The Morgan fingerprint density at radius 3 is 3.05 bits per heavy atom. The standard InChI is InChI=1S/C13H15N3O2S/c1-18-13(17)11-6-9(2-3-12(11)14)15-5-4-10-7-19-8-16-10/h2-3,6-8,15H,4-5,14H2,1H3. The molecule has 6 heteroatoms. The van der Waals surface area contributed by atoms with Crippen LogP contribution in [0, 0.1) is 0 Å². The number of nitrogens with one attached hydrogen (secondary N) is 1. The van der Waals surface area contributed by atoms with Crippen molar-refractivity contribution in [3.63, 3.8) is 0 Å². The number of hydrogen-bond acceptors (Lipinski definition) is 6. The van der Waals surface area contributed by atoms with Crippen LogP contribution in [0.1, 0.15) is 16.1 Å². The number of anilines is 2. The molecule has 0 radical (unpaired) electrons. The van der Waals surface area contributed by atoms with E-state index in [1.54, 1.807) is 23.5 Å². The molecule has 3 N–H and O–H groups in total. The van der Waals surface area contributed by atoms with E-state index in [9.17, 15) is 4.79 Å². The second kappa shape index (κ2) is 6.19. The Balaban J connectivity index is 1.99. The number of aromatic nitrogens is 1. The molecule has 0 aliphatic heterocycles. The monoisotopic (exact) mass is 277 g/mol. The molecule has 100 valence electrons. The molecule has 1 heterocycles. The van der Waals surface area contributed by atoms with Gasteiger partial charge in [0.15, 0.2) is 0 Å². The predicted octanol–water partition coefficient (Wildman–Crippen LogP) is 2.17. The van der Waals surface area contributed by atoms with E-state index in [-0.39, 0.29) is 0 Å². The zero-order valence-corrected chi connectivity index (χ0v) is 11.4. The van der Waals surface area contributed by atoms with E-state index >= 15 is 0 Å². The quantitative estimate of drug-likeness (QED) is 0.647. The fourth-order valence-electron chi connectivity index (χ4n) is 1.65. The van der Waals surface area contributed by atoms with Gasteiger partial charge >= 0.3 is 5.97 Å². The van der Waals surface area contributed by atoms with Gasteiger partial charge in [0.25, 0.3) is 0 Å². The number of carbonyl (C=O) groups excluding carboxylic acids is 1. The van der Waals surface area contributed by atoms with Crippen LogP contribution in [0.2, 0.25) is 0 Å². The van der Waals surface area contributed by atoms with Gasteiger partial charge in [-0.25, -0.2) is 9.78 Å². The Morgan fingerprint density at radius 2 is 2.37 bits per heavy atom. The van der Waals surface area contributed by atoms with Crippen molar-refractivity contribution in [2.24, 2.45) is 0 Å². The molecule has 0 saturated heterocycles. The smallest absolute Gasteiger partial charge is 0.340 e. The van der Waals surface area contributed by atoms with Crippen LogP contribution < -0.4 is 11.1 Å². The van der Waals surface area contributed by atoms with E-state index < -0.39 is 5.97 Å². The number of benzene rings is 1. The van der Waals surface area contributed by atoms with Crippen molar-refractivity contribution in [3.8, 4) is 0 Å². The second-order valence-electron chi connectivity index (χ2n) is 3.95. The minimum Gasteiger partial charge on any atom is -0.465 e. The Labute approximate surface area is 115 Å². The number of nitrogen functional groups attached to an aromatic ring is 1. The summed E-state index contributed by atoms with van der Waals surface area (Å²) < 4.78 is 4.68. The molecule has 19 heavy (non-hydrogen) atoms. The van der Waals surface area contributed by atoms with E-state index in [1.165, 1.54) is 7.11 Å². The lowest BCUT2D eigenvalue weighted by Gasteiger charge is -2.09. The topological polar surface area (TPSA) is 77.2 Å². The second-order valence-corrected chi connectivity index (χ2v) is 4.67. The molecule has 0 saturated carbocycles.